The summed E-state index contributed by atoms with van der Waals surface area (Å²) in [5, 5.41) is 6.75. The molecule has 1 aromatic carbocycles. The predicted molar refractivity (Wildman–Crippen MR) is 82.0 cm³/mol. The molecule has 0 aliphatic heterocycles. The van der Waals surface area contributed by atoms with Crippen LogP contribution in [-0.2, 0) is 11.3 Å². The highest BCUT2D eigenvalue weighted by Crippen LogP contribution is 2.25. The van der Waals surface area contributed by atoms with Crippen LogP contribution in [0.25, 0.3) is 0 Å². The second-order valence-electron chi connectivity index (χ2n) is 4.81. The third-order valence-corrected chi connectivity index (χ3v) is 3.51. The number of aromatic amines is 1. The minimum Gasteiger partial charge on any atom is -0.483 e. The Labute approximate surface area is 131 Å². The number of carbonyl (C=O) groups is 1. The molecule has 112 valence electrons. The first-order valence-corrected chi connectivity index (χ1v) is 7.26. The summed E-state index contributed by atoms with van der Waals surface area (Å²) in [5.74, 6) is 1.83. The lowest BCUT2D eigenvalue weighted by molar-refractivity contribution is -0.132. The van der Waals surface area contributed by atoms with E-state index in [1.54, 1.807) is 7.05 Å². The molecule has 2 aromatic rings. The fourth-order valence-corrected chi connectivity index (χ4v) is 2.34. The van der Waals surface area contributed by atoms with Crippen LogP contribution in [-0.4, -0.2) is 39.6 Å². The van der Waals surface area contributed by atoms with Crippen molar-refractivity contribution in [2.24, 2.45) is 0 Å². The van der Waals surface area contributed by atoms with Crippen LogP contribution >= 0.6 is 15.9 Å². The van der Waals surface area contributed by atoms with Gasteiger partial charge in [0.2, 0.25) is 0 Å². The Morgan fingerprint density at radius 1 is 1.43 bits per heavy atom. The van der Waals surface area contributed by atoms with E-state index in [4.69, 9.17) is 4.74 Å². The SMILES string of the molecule is Cc1ccc(OCC(=O)N(C)Cc2n[nH]c(C)n2)c(Br)c1. The van der Waals surface area contributed by atoms with Gasteiger partial charge in [0.15, 0.2) is 12.4 Å². The van der Waals surface area contributed by atoms with Crippen LogP contribution < -0.4 is 4.74 Å². The van der Waals surface area contributed by atoms with Crippen LogP contribution in [0.3, 0.4) is 0 Å². The Hall–Kier alpha value is -1.89. The Kier molecular flexibility index (Phi) is 4.95. The molecule has 2 rings (SSSR count). The zero-order valence-corrected chi connectivity index (χ0v) is 13.8. The zero-order valence-electron chi connectivity index (χ0n) is 12.2. The maximum Gasteiger partial charge on any atom is 0.260 e. The fraction of sp³-hybridized carbons (Fsp3) is 0.357. The number of aromatic nitrogens is 3. The molecule has 0 radical (unpaired) electrons. The molecule has 0 aliphatic carbocycles. The summed E-state index contributed by atoms with van der Waals surface area (Å²) in [6.07, 6.45) is 0. The van der Waals surface area contributed by atoms with Gasteiger partial charge in [-0.05, 0) is 47.5 Å². The lowest BCUT2D eigenvalue weighted by atomic mass is 10.2. The number of ether oxygens (including phenoxy) is 1. The van der Waals surface area contributed by atoms with Gasteiger partial charge in [0.1, 0.15) is 11.6 Å². The van der Waals surface area contributed by atoms with Crippen molar-refractivity contribution in [2.45, 2.75) is 20.4 Å². The first-order valence-electron chi connectivity index (χ1n) is 6.46. The van der Waals surface area contributed by atoms with Crippen LogP contribution in [0.15, 0.2) is 22.7 Å². The maximum absolute atomic E-state index is 12.0. The summed E-state index contributed by atoms with van der Waals surface area (Å²) in [7, 11) is 1.70. The standard InChI is InChI=1S/C14H17BrN4O2/c1-9-4-5-12(11(15)6-9)21-8-14(20)19(3)7-13-16-10(2)17-18-13/h4-6H,7-8H2,1-3H3,(H,16,17,18). The highest BCUT2D eigenvalue weighted by molar-refractivity contribution is 9.10. The van der Waals surface area contributed by atoms with Crippen molar-refractivity contribution in [3.05, 3.63) is 39.9 Å². The van der Waals surface area contributed by atoms with Gasteiger partial charge in [-0.2, -0.15) is 5.10 Å². The molecule has 0 bridgehead atoms. The van der Waals surface area contributed by atoms with Gasteiger partial charge in [-0.25, -0.2) is 4.98 Å². The number of hydrogen-bond donors (Lipinski definition) is 1. The maximum atomic E-state index is 12.0. The topological polar surface area (TPSA) is 71.1 Å². The van der Waals surface area contributed by atoms with Crippen LogP contribution in [0, 0.1) is 13.8 Å². The minimum absolute atomic E-state index is 0.0262. The number of carbonyl (C=O) groups excluding carboxylic acids is 1. The summed E-state index contributed by atoms with van der Waals surface area (Å²) in [6.45, 7) is 4.13. The third-order valence-electron chi connectivity index (χ3n) is 2.89. The van der Waals surface area contributed by atoms with E-state index in [1.807, 2.05) is 32.0 Å². The first kappa shape index (κ1) is 15.5. The number of benzene rings is 1. The molecule has 1 aromatic heterocycles. The van der Waals surface area contributed by atoms with Crippen molar-refractivity contribution in [3.63, 3.8) is 0 Å². The molecule has 0 aliphatic rings. The lowest BCUT2D eigenvalue weighted by Gasteiger charge is -2.16. The van der Waals surface area contributed by atoms with Crippen molar-refractivity contribution in [3.8, 4) is 5.75 Å². The van der Waals surface area contributed by atoms with Crippen LogP contribution in [0.2, 0.25) is 0 Å². The van der Waals surface area contributed by atoms with Crippen molar-refractivity contribution in [1.29, 1.82) is 0 Å². The fourth-order valence-electron chi connectivity index (χ4n) is 1.73. The van der Waals surface area contributed by atoms with E-state index < -0.39 is 0 Å². The van der Waals surface area contributed by atoms with Gasteiger partial charge in [-0.15, -0.1) is 0 Å². The Morgan fingerprint density at radius 3 is 2.81 bits per heavy atom. The Balaban J connectivity index is 1.89. The van der Waals surface area contributed by atoms with E-state index in [-0.39, 0.29) is 12.5 Å². The third kappa shape index (κ3) is 4.29. The summed E-state index contributed by atoms with van der Waals surface area (Å²) in [4.78, 5) is 17.7. The van der Waals surface area contributed by atoms with E-state index >= 15 is 0 Å². The smallest absolute Gasteiger partial charge is 0.260 e. The second-order valence-corrected chi connectivity index (χ2v) is 5.66. The van der Waals surface area contributed by atoms with Crippen molar-refractivity contribution in [2.75, 3.05) is 13.7 Å². The summed E-state index contributed by atoms with van der Waals surface area (Å²) in [6, 6.07) is 5.72. The molecular formula is C14H17BrN4O2. The molecular weight excluding hydrogens is 336 g/mol. The van der Waals surface area contributed by atoms with Gasteiger partial charge in [0.25, 0.3) is 5.91 Å². The van der Waals surface area contributed by atoms with E-state index in [2.05, 4.69) is 31.1 Å². The van der Waals surface area contributed by atoms with Crippen LogP contribution in [0.5, 0.6) is 5.75 Å². The molecule has 6 nitrogen and oxygen atoms in total. The Bertz CT molecular complexity index is 642. The number of nitrogens with zero attached hydrogens (tertiary/aromatic N) is 3. The molecule has 1 N–H and O–H groups in total. The molecule has 0 unspecified atom stereocenters. The van der Waals surface area contributed by atoms with Gasteiger partial charge < -0.3 is 9.64 Å². The second kappa shape index (κ2) is 6.71. The highest BCUT2D eigenvalue weighted by atomic mass is 79.9. The normalized spacial score (nSPS) is 10.5. The average molecular weight is 353 g/mol. The quantitative estimate of drug-likeness (QED) is 0.895. The number of aryl methyl sites for hydroxylation is 2. The van der Waals surface area contributed by atoms with Crippen molar-refractivity contribution in [1.82, 2.24) is 20.1 Å². The van der Waals surface area contributed by atoms with E-state index in [1.165, 1.54) is 4.90 Å². The van der Waals surface area contributed by atoms with Gasteiger partial charge in [0.05, 0.1) is 11.0 Å². The molecule has 21 heavy (non-hydrogen) atoms. The molecule has 0 fully saturated rings. The molecule has 1 heterocycles. The first-order chi connectivity index (χ1) is 9.95. The van der Waals surface area contributed by atoms with E-state index in [0.29, 0.717) is 18.1 Å². The number of amides is 1. The van der Waals surface area contributed by atoms with E-state index in [0.717, 1.165) is 15.9 Å². The molecule has 7 heteroatoms. The van der Waals surface area contributed by atoms with Crippen molar-refractivity contribution >= 4 is 21.8 Å². The number of likely N-dealkylation sites (N-methyl/N-ethyl adjacent to an activating group) is 1. The predicted octanol–water partition coefficient (Wildman–Crippen LogP) is 2.22. The van der Waals surface area contributed by atoms with Crippen molar-refractivity contribution < 1.29 is 9.53 Å². The number of rotatable bonds is 5. The van der Waals surface area contributed by atoms with E-state index in [9.17, 15) is 4.79 Å². The number of nitrogens with one attached hydrogen (secondary N) is 1. The van der Waals surface area contributed by atoms with Gasteiger partial charge in [0, 0.05) is 7.05 Å². The monoisotopic (exact) mass is 352 g/mol. The number of halogens is 1. The molecule has 0 spiro atoms. The molecule has 0 atom stereocenters. The number of hydrogen-bond acceptors (Lipinski definition) is 4. The zero-order chi connectivity index (χ0) is 15.4. The lowest BCUT2D eigenvalue weighted by Crippen LogP contribution is -2.31. The molecule has 0 saturated carbocycles. The Morgan fingerprint density at radius 2 is 2.19 bits per heavy atom. The molecule has 0 saturated heterocycles. The minimum atomic E-state index is -0.134. The summed E-state index contributed by atoms with van der Waals surface area (Å²) >= 11 is 3.42. The van der Waals surface area contributed by atoms with Crippen LogP contribution in [0.4, 0.5) is 0 Å². The number of H-pyrrole nitrogens is 1. The van der Waals surface area contributed by atoms with Gasteiger partial charge in [-0.3, -0.25) is 9.89 Å². The van der Waals surface area contributed by atoms with Gasteiger partial charge in [-0.1, -0.05) is 6.07 Å². The van der Waals surface area contributed by atoms with Gasteiger partial charge >= 0.3 is 0 Å². The summed E-state index contributed by atoms with van der Waals surface area (Å²) in [5.41, 5.74) is 1.12. The van der Waals surface area contributed by atoms with Crippen LogP contribution in [0.1, 0.15) is 17.2 Å². The molecule has 1 amide bonds. The highest BCUT2D eigenvalue weighted by Gasteiger charge is 2.13. The average Bonchev–Trinajstić information content (AvgIpc) is 2.82. The largest absolute Gasteiger partial charge is 0.483 e. The summed E-state index contributed by atoms with van der Waals surface area (Å²) < 4.78 is 6.37.